The molecule has 0 bridgehead atoms. The predicted octanol–water partition coefficient (Wildman–Crippen LogP) is 3.06. The molecule has 0 aromatic heterocycles. The molecule has 2 aromatic carbocycles. The second-order valence-corrected chi connectivity index (χ2v) is 7.26. The summed E-state index contributed by atoms with van der Waals surface area (Å²) in [4.78, 5) is 0.374. The van der Waals surface area contributed by atoms with Crippen LogP contribution in [-0.2, 0) is 9.84 Å². The van der Waals surface area contributed by atoms with E-state index in [9.17, 15) is 8.42 Å². The SMILES string of the molecule is CS(=O)(=O)c1ccccc1NC1CC1c1ccccc1. The van der Waals surface area contributed by atoms with Crippen LogP contribution in [0.25, 0.3) is 0 Å². The number of benzene rings is 2. The predicted molar refractivity (Wildman–Crippen MR) is 80.8 cm³/mol. The third-order valence-corrected chi connectivity index (χ3v) is 4.80. The van der Waals surface area contributed by atoms with Crippen molar-refractivity contribution in [2.75, 3.05) is 11.6 Å². The second kappa shape index (κ2) is 4.94. The summed E-state index contributed by atoms with van der Waals surface area (Å²) in [5, 5.41) is 3.36. The highest BCUT2D eigenvalue weighted by molar-refractivity contribution is 7.90. The van der Waals surface area contributed by atoms with Crippen LogP contribution in [0, 0.1) is 0 Å². The Hall–Kier alpha value is -1.81. The first-order chi connectivity index (χ1) is 9.55. The quantitative estimate of drug-likeness (QED) is 0.940. The van der Waals surface area contributed by atoms with E-state index in [2.05, 4.69) is 17.4 Å². The van der Waals surface area contributed by atoms with Crippen LogP contribution in [0.5, 0.6) is 0 Å². The maximum absolute atomic E-state index is 11.8. The summed E-state index contributed by atoms with van der Waals surface area (Å²) in [7, 11) is -3.20. The number of nitrogens with one attached hydrogen (secondary N) is 1. The number of sulfone groups is 1. The van der Waals surface area contributed by atoms with Gasteiger partial charge in [-0.3, -0.25) is 0 Å². The van der Waals surface area contributed by atoms with Crippen LogP contribution < -0.4 is 5.32 Å². The molecule has 104 valence electrons. The first kappa shape index (κ1) is 13.2. The van der Waals surface area contributed by atoms with Gasteiger partial charge in [0.1, 0.15) is 0 Å². The zero-order valence-corrected chi connectivity index (χ0v) is 12.1. The van der Waals surface area contributed by atoms with Crippen molar-refractivity contribution in [3.05, 3.63) is 60.2 Å². The third-order valence-electron chi connectivity index (χ3n) is 3.65. The van der Waals surface area contributed by atoms with Crippen molar-refractivity contribution in [2.45, 2.75) is 23.3 Å². The van der Waals surface area contributed by atoms with Gasteiger partial charge in [0.2, 0.25) is 0 Å². The van der Waals surface area contributed by atoms with E-state index in [1.807, 2.05) is 30.3 Å². The van der Waals surface area contributed by atoms with Gasteiger partial charge in [-0.2, -0.15) is 0 Å². The van der Waals surface area contributed by atoms with Crippen molar-refractivity contribution in [1.29, 1.82) is 0 Å². The van der Waals surface area contributed by atoms with Gasteiger partial charge in [-0.15, -0.1) is 0 Å². The van der Waals surface area contributed by atoms with Crippen molar-refractivity contribution in [2.24, 2.45) is 0 Å². The number of hydrogen-bond acceptors (Lipinski definition) is 3. The summed E-state index contributed by atoms with van der Waals surface area (Å²) >= 11 is 0. The van der Waals surface area contributed by atoms with Gasteiger partial charge in [-0.25, -0.2) is 8.42 Å². The summed E-state index contributed by atoms with van der Waals surface area (Å²) in [6, 6.07) is 17.7. The lowest BCUT2D eigenvalue weighted by Gasteiger charge is -2.10. The fourth-order valence-corrected chi connectivity index (χ4v) is 3.38. The molecule has 3 rings (SSSR count). The highest BCUT2D eigenvalue weighted by Crippen LogP contribution is 2.43. The topological polar surface area (TPSA) is 46.2 Å². The molecule has 1 aliphatic rings. The minimum Gasteiger partial charge on any atom is -0.381 e. The largest absolute Gasteiger partial charge is 0.381 e. The monoisotopic (exact) mass is 287 g/mol. The van der Waals surface area contributed by atoms with Crippen LogP contribution in [0.15, 0.2) is 59.5 Å². The Kier molecular flexibility index (Phi) is 3.26. The van der Waals surface area contributed by atoms with Gasteiger partial charge in [0.15, 0.2) is 9.84 Å². The lowest BCUT2D eigenvalue weighted by molar-refractivity contribution is 0.602. The number of para-hydroxylation sites is 1. The average Bonchev–Trinajstić information content (AvgIpc) is 3.18. The van der Waals surface area contributed by atoms with E-state index in [1.54, 1.807) is 12.1 Å². The molecule has 20 heavy (non-hydrogen) atoms. The Morgan fingerprint density at radius 1 is 1.00 bits per heavy atom. The van der Waals surface area contributed by atoms with Gasteiger partial charge in [0.25, 0.3) is 0 Å². The first-order valence-electron chi connectivity index (χ1n) is 6.66. The maximum atomic E-state index is 11.8. The molecule has 0 saturated heterocycles. The summed E-state index contributed by atoms with van der Waals surface area (Å²) in [6.45, 7) is 0. The molecule has 1 aliphatic carbocycles. The second-order valence-electron chi connectivity index (χ2n) is 5.27. The molecule has 0 spiro atoms. The molecule has 4 heteroatoms. The summed E-state index contributed by atoms with van der Waals surface area (Å²) in [5.74, 6) is 0.476. The Morgan fingerprint density at radius 3 is 2.35 bits per heavy atom. The lowest BCUT2D eigenvalue weighted by atomic mass is 10.1. The maximum Gasteiger partial charge on any atom is 0.177 e. The summed E-state index contributed by atoms with van der Waals surface area (Å²) in [6.07, 6.45) is 2.29. The number of hydrogen-bond donors (Lipinski definition) is 1. The third kappa shape index (κ3) is 2.70. The van der Waals surface area contributed by atoms with Gasteiger partial charge in [0, 0.05) is 18.2 Å². The van der Waals surface area contributed by atoms with E-state index >= 15 is 0 Å². The van der Waals surface area contributed by atoms with Crippen LogP contribution in [-0.4, -0.2) is 20.7 Å². The van der Waals surface area contributed by atoms with E-state index in [4.69, 9.17) is 0 Å². The van der Waals surface area contributed by atoms with E-state index in [0.29, 0.717) is 22.5 Å². The molecule has 2 aromatic rings. The van der Waals surface area contributed by atoms with Gasteiger partial charge in [-0.05, 0) is 24.1 Å². The highest BCUT2D eigenvalue weighted by atomic mass is 32.2. The molecule has 1 fully saturated rings. The van der Waals surface area contributed by atoms with Crippen molar-refractivity contribution < 1.29 is 8.42 Å². The molecular formula is C16H17NO2S. The van der Waals surface area contributed by atoms with Crippen molar-refractivity contribution in [3.63, 3.8) is 0 Å². The molecule has 0 radical (unpaired) electrons. The van der Waals surface area contributed by atoms with E-state index in [-0.39, 0.29) is 0 Å². The van der Waals surface area contributed by atoms with Crippen LogP contribution in [0.1, 0.15) is 17.9 Å². The van der Waals surface area contributed by atoms with E-state index in [0.717, 1.165) is 6.42 Å². The normalized spacial score (nSPS) is 21.4. The zero-order valence-electron chi connectivity index (χ0n) is 11.3. The van der Waals surface area contributed by atoms with Crippen molar-refractivity contribution in [1.82, 2.24) is 0 Å². The Bertz CT molecular complexity index is 710. The molecular weight excluding hydrogens is 270 g/mol. The van der Waals surface area contributed by atoms with Crippen LogP contribution in [0.2, 0.25) is 0 Å². The molecule has 2 atom stereocenters. The Morgan fingerprint density at radius 2 is 1.65 bits per heavy atom. The minimum absolute atomic E-state index is 0.320. The Labute approximate surface area is 119 Å². The molecule has 3 nitrogen and oxygen atoms in total. The van der Waals surface area contributed by atoms with Crippen molar-refractivity contribution >= 4 is 15.5 Å². The van der Waals surface area contributed by atoms with Crippen LogP contribution in [0.3, 0.4) is 0 Å². The minimum atomic E-state index is -3.20. The smallest absolute Gasteiger partial charge is 0.177 e. The molecule has 0 heterocycles. The first-order valence-corrected chi connectivity index (χ1v) is 8.55. The standard InChI is InChI=1S/C16H17NO2S/c1-20(18,19)16-10-6-5-9-14(16)17-15-11-13(15)12-7-3-2-4-8-12/h2-10,13,15,17H,11H2,1H3. The number of anilines is 1. The molecule has 2 unspecified atom stereocenters. The van der Waals surface area contributed by atoms with Crippen LogP contribution in [0.4, 0.5) is 5.69 Å². The number of rotatable bonds is 4. The highest BCUT2D eigenvalue weighted by Gasteiger charge is 2.38. The summed E-state index contributed by atoms with van der Waals surface area (Å²) in [5.41, 5.74) is 2.01. The average molecular weight is 287 g/mol. The molecule has 1 N–H and O–H groups in total. The van der Waals surface area contributed by atoms with E-state index < -0.39 is 9.84 Å². The molecule has 1 saturated carbocycles. The van der Waals surface area contributed by atoms with Gasteiger partial charge >= 0.3 is 0 Å². The van der Waals surface area contributed by atoms with Gasteiger partial charge in [-0.1, -0.05) is 42.5 Å². The zero-order chi connectivity index (χ0) is 14.2. The molecule has 0 aliphatic heterocycles. The van der Waals surface area contributed by atoms with Crippen molar-refractivity contribution in [3.8, 4) is 0 Å². The van der Waals surface area contributed by atoms with Crippen LogP contribution >= 0.6 is 0 Å². The fourth-order valence-electron chi connectivity index (χ4n) is 2.53. The van der Waals surface area contributed by atoms with E-state index in [1.165, 1.54) is 11.8 Å². The van der Waals surface area contributed by atoms with Gasteiger partial charge in [0.05, 0.1) is 10.6 Å². The lowest BCUT2D eigenvalue weighted by Crippen LogP contribution is -2.09. The Balaban J connectivity index is 1.78. The van der Waals surface area contributed by atoms with Gasteiger partial charge < -0.3 is 5.32 Å². The fraction of sp³-hybridized carbons (Fsp3) is 0.250. The molecule has 0 amide bonds. The summed E-state index contributed by atoms with van der Waals surface area (Å²) < 4.78 is 23.5.